The lowest BCUT2D eigenvalue weighted by atomic mass is 9.45. The fraction of sp³-hybridized carbons (Fsp3) is 0.784. The number of hydrogen-bond acceptors (Lipinski definition) is 10. The van der Waals surface area contributed by atoms with Crippen molar-refractivity contribution in [2.45, 2.75) is 98.2 Å². The third-order valence-electron chi connectivity index (χ3n) is 13.4. The van der Waals surface area contributed by atoms with Gasteiger partial charge in [-0.15, -0.1) is 0 Å². The third-order valence-corrected chi connectivity index (χ3v) is 13.4. The molecule has 1 saturated heterocycles. The van der Waals surface area contributed by atoms with Crippen LogP contribution >= 0.6 is 0 Å². The highest BCUT2D eigenvalue weighted by molar-refractivity contribution is 5.92. The molecule has 0 radical (unpaired) electrons. The highest BCUT2D eigenvalue weighted by Crippen LogP contribution is 2.67. The predicted octanol–water partition coefficient (Wildman–Crippen LogP) is 4.09. The van der Waals surface area contributed by atoms with E-state index in [9.17, 15) is 19.8 Å². The van der Waals surface area contributed by atoms with Crippen LogP contribution in [0, 0.1) is 28.6 Å². The maximum Gasteiger partial charge on any atom is 0.229 e. The average molecular weight is 651 g/mol. The second kappa shape index (κ2) is 13.0. The van der Waals surface area contributed by atoms with Crippen LogP contribution in [0.1, 0.15) is 86.5 Å². The van der Waals surface area contributed by atoms with Crippen molar-refractivity contribution in [1.82, 2.24) is 14.9 Å². The van der Waals surface area contributed by atoms with Crippen LogP contribution in [0.25, 0.3) is 0 Å². The molecule has 1 aromatic rings. The van der Waals surface area contributed by atoms with Gasteiger partial charge in [0.2, 0.25) is 5.95 Å². The number of fused-ring (bicyclic) bond motifs is 5. The summed E-state index contributed by atoms with van der Waals surface area (Å²) in [7, 11) is 0. The Morgan fingerprint density at radius 2 is 1.64 bits per heavy atom. The van der Waals surface area contributed by atoms with Crippen molar-refractivity contribution in [3.63, 3.8) is 0 Å². The smallest absolute Gasteiger partial charge is 0.229 e. The number of ketones is 2. The van der Waals surface area contributed by atoms with Crippen LogP contribution in [0.3, 0.4) is 0 Å². The highest BCUT2D eigenvalue weighted by atomic mass is 16.3. The van der Waals surface area contributed by atoms with Gasteiger partial charge in [-0.2, -0.15) is 9.97 Å². The fourth-order valence-corrected chi connectivity index (χ4v) is 10.5. The van der Waals surface area contributed by atoms with Crippen molar-refractivity contribution >= 4 is 29.2 Å². The number of allylic oxidation sites excluding steroid dienone is 1. The molecule has 0 amide bonds. The summed E-state index contributed by atoms with van der Waals surface area (Å²) in [6.07, 6.45) is 6.08. The van der Waals surface area contributed by atoms with Crippen molar-refractivity contribution in [2.24, 2.45) is 28.6 Å². The number of nitrogens with zero attached hydrogens (tertiary/aromatic N) is 6. The van der Waals surface area contributed by atoms with Gasteiger partial charge < -0.3 is 24.9 Å². The van der Waals surface area contributed by atoms with E-state index < -0.39 is 17.1 Å². The van der Waals surface area contributed by atoms with E-state index in [2.05, 4.69) is 67.2 Å². The second-order valence-corrected chi connectivity index (χ2v) is 15.4. The number of aliphatic hydroxyl groups excluding tert-OH is 1. The van der Waals surface area contributed by atoms with E-state index in [0.29, 0.717) is 32.4 Å². The van der Waals surface area contributed by atoms with E-state index >= 15 is 0 Å². The topological polar surface area (TPSA) is 113 Å². The average Bonchev–Trinajstić information content (AvgIpc) is 3.33. The summed E-state index contributed by atoms with van der Waals surface area (Å²) in [4.78, 5) is 45.2. The first kappa shape index (κ1) is 34.3. The Kier molecular flexibility index (Phi) is 9.52. The van der Waals surface area contributed by atoms with Gasteiger partial charge in [-0.1, -0.05) is 19.4 Å². The maximum absolute atomic E-state index is 14.1. The first-order valence-corrected chi connectivity index (χ1v) is 18.5. The molecule has 3 saturated carbocycles. The summed E-state index contributed by atoms with van der Waals surface area (Å²) in [5, 5.41) is 24.1. The zero-order valence-corrected chi connectivity index (χ0v) is 29.7. The molecule has 260 valence electrons. The number of Topliss-reactive ketones (excluding diaryl/α,β-unsaturated/α-hetero) is 1. The number of hydrogen-bond donors (Lipinski definition) is 2. The molecule has 1 aromatic heterocycles. The van der Waals surface area contributed by atoms with Crippen molar-refractivity contribution < 1.29 is 19.8 Å². The van der Waals surface area contributed by atoms with Gasteiger partial charge in [0.05, 0.1) is 12.6 Å². The van der Waals surface area contributed by atoms with Gasteiger partial charge in [0, 0.05) is 70.3 Å². The minimum Gasteiger partial charge on any atom is -0.393 e. The molecule has 10 nitrogen and oxygen atoms in total. The minimum absolute atomic E-state index is 0.0745. The standard InChI is InChI=1S/C37H58N6O4/c1-7-41(8-2)31-22-32(39-34(38-31)42(9-3)10-4)43-19-17-40(18-20-43)24-30(46)37(47)16-14-28-27-12-11-25-21-26(44)13-15-35(25,5)33(27)29(45)23-36(28,37)6/h21-22,27-29,33,45,47H,7-20,23-24H2,1-6H3/t27-,28-,29+,33+,35-,36-,37-/m0/s1. The second-order valence-electron chi connectivity index (χ2n) is 15.4. The number of carbonyl (C=O) groups excluding carboxylic acids is 2. The molecular formula is C37H58N6O4. The number of rotatable bonds is 10. The number of carbonyl (C=O) groups is 2. The summed E-state index contributed by atoms with van der Waals surface area (Å²) >= 11 is 0. The molecule has 4 fully saturated rings. The maximum atomic E-state index is 14.1. The van der Waals surface area contributed by atoms with Crippen molar-refractivity contribution in [2.75, 3.05) is 73.6 Å². The van der Waals surface area contributed by atoms with Gasteiger partial charge >= 0.3 is 0 Å². The normalized spacial score (nSPS) is 35.5. The SMILES string of the molecule is CCN(CC)c1cc(N2CCN(CC(=O)[C@@]3(O)CC[C@H]4[C@@H]5CCC6=CC(=O)CC[C@]6(C)[C@H]5[C@H](O)C[C@@]43C)CC2)nc(N(CC)CC)n1. The molecule has 0 bridgehead atoms. The molecule has 2 N–H and O–H groups in total. The molecule has 5 aliphatic rings. The molecule has 7 atom stereocenters. The molecule has 10 heteroatoms. The van der Waals surface area contributed by atoms with Crippen molar-refractivity contribution in [3.05, 3.63) is 17.7 Å². The summed E-state index contributed by atoms with van der Waals surface area (Å²) in [6.45, 7) is 19.5. The molecule has 0 aromatic carbocycles. The van der Waals surface area contributed by atoms with E-state index in [0.717, 1.165) is 82.5 Å². The zero-order chi connectivity index (χ0) is 33.7. The van der Waals surface area contributed by atoms with E-state index in [1.807, 2.05) is 6.08 Å². The number of aromatic nitrogens is 2. The lowest BCUT2D eigenvalue weighted by Crippen LogP contribution is -2.63. The van der Waals surface area contributed by atoms with Gasteiger partial charge in [0.15, 0.2) is 11.6 Å². The Morgan fingerprint density at radius 3 is 2.30 bits per heavy atom. The Labute approximate surface area is 281 Å². The van der Waals surface area contributed by atoms with Crippen LogP contribution in [0.15, 0.2) is 17.7 Å². The monoisotopic (exact) mass is 650 g/mol. The Morgan fingerprint density at radius 1 is 0.957 bits per heavy atom. The third kappa shape index (κ3) is 5.70. The molecule has 47 heavy (non-hydrogen) atoms. The lowest BCUT2D eigenvalue weighted by molar-refractivity contribution is -0.181. The van der Waals surface area contributed by atoms with Crippen LogP contribution in [-0.4, -0.2) is 107 Å². The molecule has 0 unspecified atom stereocenters. The van der Waals surface area contributed by atoms with Crippen LogP contribution in [-0.2, 0) is 9.59 Å². The first-order valence-electron chi connectivity index (χ1n) is 18.5. The van der Waals surface area contributed by atoms with E-state index in [-0.39, 0.29) is 41.3 Å². The van der Waals surface area contributed by atoms with Gasteiger partial charge in [0.1, 0.15) is 17.2 Å². The summed E-state index contributed by atoms with van der Waals surface area (Å²) in [5.41, 5.74) is -1.07. The van der Waals surface area contributed by atoms with Gasteiger partial charge in [0.25, 0.3) is 0 Å². The predicted molar refractivity (Wildman–Crippen MR) is 186 cm³/mol. The molecule has 0 spiro atoms. The first-order chi connectivity index (χ1) is 22.4. The fourth-order valence-electron chi connectivity index (χ4n) is 10.5. The van der Waals surface area contributed by atoms with Gasteiger partial charge in [-0.3, -0.25) is 14.5 Å². The van der Waals surface area contributed by atoms with E-state index in [4.69, 9.17) is 9.97 Å². The Balaban J connectivity index is 1.14. The number of anilines is 3. The van der Waals surface area contributed by atoms with Crippen LogP contribution in [0.5, 0.6) is 0 Å². The molecule has 4 aliphatic carbocycles. The minimum atomic E-state index is -1.44. The Bertz CT molecular complexity index is 1340. The highest BCUT2D eigenvalue weighted by Gasteiger charge is 2.68. The quantitative estimate of drug-likeness (QED) is 0.384. The van der Waals surface area contributed by atoms with E-state index in [1.165, 1.54) is 5.57 Å². The van der Waals surface area contributed by atoms with Crippen LogP contribution < -0.4 is 14.7 Å². The number of piperazine rings is 1. The lowest BCUT2D eigenvalue weighted by Gasteiger charge is -2.60. The summed E-state index contributed by atoms with van der Waals surface area (Å²) < 4.78 is 0. The largest absolute Gasteiger partial charge is 0.393 e. The molecule has 1 aliphatic heterocycles. The number of aliphatic hydroxyl groups is 2. The summed E-state index contributed by atoms with van der Waals surface area (Å²) in [5.74, 6) is 3.25. The van der Waals surface area contributed by atoms with Crippen LogP contribution in [0.2, 0.25) is 0 Å². The zero-order valence-electron chi connectivity index (χ0n) is 29.7. The van der Waals surface area contributed by atoms with Crippen molar-refractivity contribution in [3.8, 4) is 0 Å². The van der Waals surface area contributed by atoms with Gasteiger partial charge in [-0.25, -0.2) is 0 Å². The molecule has 2 heterocycles. The molecular weight excluding hydrogens is 592 g/mol. The Hall–Kier alpha value is -2.56. The van der Waals surface area contributed by atoms with Crippen LogP contribution in [0.4, 0.5) is 17.6 Å². The van der Waals surface area contributed by atoms with Crippen molar-refractivity contribution in [1.29, 1.82) is 0 Å². The molecule has 6 rings (SSSR count). The summed E-state index contributed by atoms with van der Waals surface area (Å²) in [6, 6.07) is 2.10. The van der Waals surface area contributed by atoms with E-state index in [1.54, 1.807) is 0 Å². The van der Waals surface area contributed by atoms with Gasteiger partial charge in [-0.05, 0) is 95.5 Å².